The zero-order valence-corrected chi connectivity index (χ0v) is 10.8. The summed E-state index contributed by atoms with van der Waals surface area (Å²) in [4.78, 5) is 15.2. The highest BCUT2D eigenvalue weighted by molar-refractivity contribution is 7.90. The molecule has 1 aromatic heterocycles. The van der Waals surface area contributed by atoms with Crippen molar-refractivity contribution in [2.75, 3.05) is 18.1 Å². The number of sulfone groups is 1. The lowest BCUT2D eigenvalue weighted by Crippen LogP contribution is -2.32. The van der Waals surface area contributed by atoms with Gasteiger partial charge in [0, 0.05) is 31.5 Å². The second-order valence-corrected chi connectivity index (χ2v) is 6.29. The van der Waals surface area contributed by atoms with Crippen LogP contribution in [0.25, 0.3) is 0 Å². The van der Waals surface area contributed by atoms with Crippen LogP contribution in [0.2, 0.25) is 0 Å². The highest BCUT2D eigenvalue weighted by Gasteiger charge is 2.21. The number of carbonyl (C=O) groups is 1. The van der Waals surface area contributed by atoms with Crippen molar-refractivity contribution >= 4 is 21.6 Å². The van der Waals surface area contributed by atoms with Gasteiger partial charge < -0.3 is 10.6 Å². The summed E-state index contributed by atoms with van der Waals surface area (Å²) in [7, 11) is -3.30. The molecule has 1 saturated heterocycles. The highest BCUT2D eigenvalue weighted by Crippen LogP contribution is 2.18. The molecule has 1 atom stereocenters. The predicted molar refractivity (Wildman–Crippen MR) is 67.0 cm³/mol. The molecule has 7 heteroatoms. The van der Waals surface area contributed by atoms with Crippen molar-refractivity contribution in [3.63, 3.8) is 0 Å². The number of hydrogen-bond donors (Lipinski definition) is 2. The maximum Gasteiger partial charge on any atom is 0.220 e. The van der Waals surface area contributed by atoms with Crippen LogP contribution in [0.4, 0.5) is 5.82 Å². The van der Waals surface area contributed by atoms with Gasteiger partial charge in [0.1, 0.15) is 10.7 Å². The molecular weight excluding hydrogens is 254 g/mol. The molecule has 1 unspecified atom stereocenters. The summed E-state index contributed by atoms with van der Waals surface area (Å²) in [5.41, 5.74) is 0. The second kappa shape index (κ2) is 4.93. The summed E-state index contributed by atoms with van der Waals surface area (Å²) in [6, 6.07) is 3.13. The Bertz CT molecular complexity index is 556. The van der Waals surface area contributed by atoms with Gasteiger partial charge in [0.2, 0.25) is 5.91 Å². The van der Waals surface area contributed by atoms with Crippen molar-refractivity contribution < 1.29 is 13.2 Å². The van der Waals surface area contributed by atoms with E-state index >= 15 is 0 Å². The van der Waals surface area contributed by atoms with E-state index in [1.165, 1.54) is 12.3 Å². The fraction of sp³-hybridized carbons (Fsp3) is 0.455. The third kappa shape index (κ3) is 2.98. The van der Waals surface area contributed by atoms with Crippen LogP contribution in [-0.2, 0) is 14.6 Å². The summed E-state index contributed by atoms with van der Waals surface area (Å²) in [5.74, 6) is 0.368. The minimum absolute atomic E-state index is 0.0335. The van der Waals surface area contributed by atoms with Crippen LogP contribution in [0, 0.1) is 0 Å². The van der Waals surface area contributed by atoms with E-state index < -0.39 is 9.84 Å². The number of aromatic nitrogens is 1. The smallest absolute Gasteiger partial charge is 0.220 e. The zero-order valence-electron chi connectivity index (χ0n) is 10.0. The molecule has 6 nitrogen and oxygen atoms in total. The Kier molecular flexibility index (Phi) is 3.51. The van der Waals surface area contributed by atoms with Crippen LogP contribution in [0.1, 0.15) is 12.8 Å². The fourth-order valence-corrected chi connectivity index (χ4v) is 2.67. The topological polar surface area (TPSA) is 88.2 Å². The molecule has 98 valence electrons. The van der Waals surface area contributed by atoms with Crippen LogP contribution < -0.4 is 10.6 Å². The number of pyridine rings is 1. The third-order valence-electron chi connectivity index (χ3n) is 2.77. The first kappa shape index (κ1) is 12.8. The number of anilines is 1. The van der Waals surface area contributed by atoms with Gasteiger partial charge in [0.25, 0.3) is 0 Å². The second-order valence-electron chi connectivity index (χ2n) is 4.31. The molecule has 0 bridgehead atoms. The van der Waals surface area contributed by atoms with Gasteiger partial charge in [-0.2, -0.15) is 0 Å². The molecule has 1 aliphatic heterocycles. The largest absolute Gasteiger partial charge is 0.367 e. The molecule has 0 radical (unpaired) electrons. The van der Waals surface area contributed by atoms with Gasteiger partial charge in [-0.25, -0.2) is 13.4 Å². The Morgan fingerprint density at radius 3 is 2.94 bits per heavy atom. The normalized spacial score (nSPS) is 19.6. The first-order chi connectivity index (χ1) is 8.47. The van der Waals surface area contributed by atoms with Crippen molar-refractivity contribution in [2.24, 2.45) is 0 Å². The van der Waals surface area contributed by atoms with E-state index in [1.54, 1.807) is 6.07 Å². The van der Waals surface area contributed by atoms with E-state index in [1.807, 2.05) is 0 Å². The molecule has 1 aromatic rings. The van der Waals surface area contributed by atoms with E-state index in [0.29, 0.717) is 18.8 Å². The molecule has 1 fully saturated rings. The summed E-state index contributed by atoms with van der Waals surface area (Å²) in [6.07, 6.45) is 3.96. The molecule has 0 saturated carbocycles. The van der Waals surface area contributed by atoms with Crippen LogP contribution in [0.15, 0.2) is 23.2 Å². The number of amides is 1. The number of hydrogen-bond acceptors (Lipinski definition) is 5. The molecule has 0 aromatic carbocycles. The predicted octanol–water partition coefficient (Wildman–Crippen LogP) is 0.176. The lowest BCUT2D eigenvalue weighted by Gasteiger charge is -2.13. The van der Waals surface area contributed by atoms with Gasteiger partial charge in [-0.1, -0.05) is 0 Å². The molecular formula is C11H15N3O3S. The van der Waals surface area contributed by atoms with Crippen molar-refractivity contribution in [1.29, 1.82) is 0 Å². The van der Waals surface area contributed by atoms with Crippen molar-refractivity contribution in [3.05, 3.63) is 18.3 Å². The lowest BCUT2D eigenvalue weighted by molar-refractivity contribution is -0.119. The number of nitrogens with one attached hydrogen (secondary N) is 2. The summed E-state index contributed by atoms with van der Waals surface area (Å²) in [5, 5.41) is 5.78. The SMILES string of the molecule is CS(=O)(=O)c1cccnc1NCC1CCC(=O)N1. The molecule has 2 heterocycles. The Morgan fingerprint density at radius 1 is 1.56 bits per heavy atom. The van der Waals surface area contributed by atoms with Crippen molar-refractivity contribution in [3.8, 4) is 0 Å². The first-order valence-electron chi connectivity index (χ1n) is 5.65. The Balaban J connectivity index is 2.08. The lowest BCUT2D eigenvalue weighted by atomic mass is 10.2. The van der Waals surface area contributed by atoms with Gasteiger partial charge in [-0.3, -0.25) is 4.79 Å². The van der Waals surface area contributed by atoms with Gasteiger partial charge in [-0.15, -0.1) is 0 Å². The monoisotopic (exact) mass is 269 g/mol. The summed E-state index contributed by atoms with van der Waals surface area (Å²) in [6.45, 7) is 0.477. The Morgan fingerprint density at radius 2 is 2.33 bits per heavy atom. The van der Waals surface area contributed by atoms with E-state index in [9.17, 15) is 13.2 Å². The van der Waals surface area contributed by atoms with Gasteiger partial charge in [0.05, 0.1) is 0 Å². The maximum atomic E-state index is 11.6. The molecule has 0 spiro atoms. The van der Waals surface area contributed by atoms with Crippen LogP contribution in [0.3, 0.4) is 0 Å². The standard InChI is InChI=1S/C11H15N3O3S/c1-18(16,17)9-3-2-6-12-11(9)13-7-8-4-5-10(15)14-8/h2-3,6,8H,4-5,7H2,1H3,(H,12,13)(H,14,15). The Hall–Kier alpha value is -1.63. The summed E-state index contributed by atoms with van der Waals surface area (Å²) >= 11 is 0. The molecule has 2 rings (SSSR count). The highest BCUT2D eigenvalue weighted by atomic mass is 32.2. The molecule has 1 aliphatic rings. The summed E-state index contributed by atoms with van der Waals surface area (Å²) < 4.78 is 23.1. The van der Waals surface area contributed by atoms with Crippen LogP contribution in [0.5, 0.6) is 0 Å². The van der Waals surface area contributed by atoms with Gasteiger partial charge in [0.15, 0.2) is 9.84 Å². The zero-order chi connectivity index (χ0) is 13.2. The Labute approximate surface area is 106 Å². The average molecular weight is 269 g/mol. The molecule has 0 aliphatic carbocycles. The van der Waals surface area contributed by atoms with Crippen LogP contribution in [-0.4, -0.2) is 38.2 Å². The van der Waals surface area contributed by atoms with E-state index in [2.05, 4.69) is 15.6 Å². The maximum absolute atomic E-state index is 11.6. The quantitative estimate of drug-likeness (QED) is 0.814. The molecule has 18 heavy (non-hydrogen) atoms. The number of rotatable bonds is 4. The van der Waals surface area contributed by atoms with Crippen molar-refractivity contribution in [1.82, 2.24) is 10.3 Å². The van der Waals surface area contributed by atoms with E-state index in [-0.39, 0.29) is 16.8 Å². The fourth-order valence-electron chi connectivity index (χ4n) is 1.87. The first-order valence-corrected chi connectivity index (χ1v) is 7.54. The van der Waals surface area contributed by atoms with Crippen LogP contribution >= 0.6 is 0 Å². The number of carbonyl (C=O) groups excluding carboxylic acids is 1. The third-order valence-corrected chi connectivity index (χ3v) is 3.90. The van der Waals surface area contributed by atoms with E-state index in [4.69, 9.17) is 0 Å². The van der Waals surface area contributed by atoms with E-state index in [0.717, 1.165) is 12.7 Å². The number of nitrogens with zero attached hydrogens (tertiary/aromatic N) is 1. The minimum Gasteiger partial charge on any atom is -0.367 e. The van der Waals surface area contributed by atoms with Crippen molar-refractivity contribution in [2.45, 2.75) is 23.8 Å². The van der Waals surface area contributed by atoms with Gasteiger partial charge >= 0.3 is 0 Å². The van der Waals surface area contributed by atoms with Gasteiger partial charge in [-0.05, 0) is 18.6 Å². The molecule has 1 amide bonds. The molecule has 2 N–H and O–H groups in total. The minimum atomic E-state index is -3.30. The average Bonchev–Trinajstić information content (AvgIpc) is 2.72.